The quantitative estimate of drug-likeness (QED) is 0.885. The van der Waals surface area contributed by atoms with Crippen LogP contribution in [0.4, 0.5) is 0 Å². The molecule has 80 valence electrons. The number of carbonyl (C=O) groups is 1. The van der Waals surface area contributed by atoms with Gasteiger partial charge in [0.1, 0.15) is 5.75 Å². The molecule has 0 radical (unpaired) electrons. The first-order chi connectivity index (χ1) is 7.11. The van der Waals surface area contributed by atoms with Gasteiger partial charge in [-0.05, 0) is 22.0 Å². The Morgan fingerprint density at radius 2 is 2.33 bits per heavy atom. The summed E-state index contributed by atoms with van der Waals surface area (Å²) in [6, 6.07) is 5.40. The van der Waals surface area contributed by atoms with Crippen molar-refractivity contribution < 1.29 is 9.90 Å². The molecule has 0 aliphatic carbocycles. The van der Waals surface area contributed by atoms with Gasteiger partial charge < -0.3 is 10.4 Å². The van der Waals surface area contributed by atoms with Crippen LogP contribution in [-0.4, -0.2) is 17.6 Å². The van der Waals surface area contributed by atoms with Crippen molar-refractivity contribution in [3.63, 3.8) is 0 Å². The Morgan fingerprint density at radius 1 is 1.60 bits per heavy atom. The van der Waals surface area contributed by atoms with E-state index in [0.29, 0.717) is 11.0 Å². The molecule has 1 amide bonds. The molecule has 0 spiro atoms. The predicted octanol–water partition coefficient (Wildman–Crippen LogP) is 2.30. The van der Waals surface area contributed by atoms with Crippen LogP contribution in [0.1, 0.15) is 12.5 Å². The van der Waals surface area contributed by atoms with Gasteiger partial charge in [-0.2, -0.15) is 0 Å². The molecule has 0 aliphatic heterocycles. The second-order valence-electron chi connectivity index (χ2n) is 3.02. The van der Waals surface area contributed by atoms with Gasteiger partial charge in [0, 0.05) is 19.0 Å². The van der Waals surface area contributed by atoms with E-state index in [4.69, 9.17) is 0 Å². The molecular weight excluding hydrogens is 258 g/mol. The van der Waals surface area contributed by atoms with Gasteiger partial charge >= 0.3 is 0 Å². The van der Waals surface area contributed by atoms with Crippen molar-refractivity contribution in [2.24, 2.45) is 0 Å². The van der Waals surface area contributed by atoms with E-state index < -0.39 is 0 Å². The van der Waals surface area contributed by atoms with Gasteiger partial charge in [-0.15, -0.1) is 0 Å². The van der Waals surface area contributed by atoms with E-state index in [1.807, 2.05) is 6.07 Å². The topological polar surface area (TPSA) is 49.3 Å². The monoisotopic (exact) mass is 269 g/mol. The number of halogens is 1. The fourth-order valence-corrected chi connectivity index (χ4v) is 1.44. The van der Waals surface area contributed by atoms with E-state index in [1.54, 1.807) is 24.3 Å². The number of hydrogen-bond acceptors (Lipinski definition) is 2. The molecule has 0 saturated heterocycles. The lowest BCUT2D eigenvalue weighted by molar-refractivity contribution is -0.118. The Labute approximate surface area is 96.9 Å². The molecule has 0 saturated carbocycles. The normalized spacial score (nSPS) is 10.5. The van der Waals surface area contributed by atoms with Crippen LogP contribution in [0.2, 0.25) is 0 Å². The van der Waals surface area contributed by atoms with Crippen LogP contribution in [0.3, 0.4) is 0 Å². The summed E-state index contributed by atoms with van der Waals surface area (Å²) in [4.78, 5) is 10.6. The number of hydrogen-bond donors (Lipinski definition) is 2. The highest BCUT2D eigenvalue weighted by Crippen LogP contribution is 2.27. The summed E-state index contributed by atoms with van der Waals surface area (Å²) >= 11 is 3.22. The summed E-state index contributed by atoms with van der Waals surface area (Å²) in [5.74, 6) is 0.134. The molecule has 1 rings (SSSR count). The van der Waals surface area contributed by atoms with Crippen LogP contribution in [0, 0.1) is 0 Å². The van der Waals surface area contributed by atoms with Crippen molar-refractivity contribution in [3.8, 4) is 5.75 Å². The average Bonchev–Trinajstić information content (AvgIpc) is 2.18. The molecule has 2 N–H and O–H groups in total. The van der Waals surface area contributed by atoms with Crippen molar-refractivity contribution in [2.45, 2.75) is 6.92 Å². The van der Waals surface area contributed by atoms with Gasteiger partial charge in [0.15, 0.2) is 0 Å². The molecule has 4 heteroatoms. The second-order valence-corrected chi connectivity index (χ2v) is 3.87. The zero-order valence-electron chi connectivity index (χ0n) is 8.33. The number of carbonyl (C=O) groups excluding carboxylic acids is 1. The smallest absolute Gasteiger partial charge is 0.217 e. The molecule has 15 heavy (non-hydrogen) atoms. The molecular formula is C11H12BrNO2. The minimum absolute atomic E-state index is 0.0712. The van der Waals surface area contributed by atoms with Gasteiger partial charge in [-0.3, -0.25) is 4.79 Å². The zero-order valence-corrected chi connectivity index (χ0v) is 9.91. The average molecular weight is 270 g/mol. The molecule has 0 unspecified atom stereocenters. The van der Waals surface area contributed by atoms with Crippen molar-refractivity contribution in [1.82, 2.24) is 5.32 Å². The fourth-order valence-electron chi connectivity index (χ4n) is 1.06. The molecule has 0 fully saturated rings. The van der Waals surface area contributed by atoms with Crippen molar-refractivity contribution in [1.29, 1.82) is 0 Å². The van der Waals surface area contributed by atoms with Gasteiger partial charge in [0.25, 0.3) is 0 Å². The van der Waals surface area contributed by atoms with Crippen LogP contribution in [-0.2, 0) is 4.79 Å². The van der Waals surface area contributed by atoms with Crippen LogP contribution in [0.15, 0.2) is 28.7 Å². The number of rotatable bonds is 3. The third-order valence-corrected chi connectivity index (χ3v) is 2.42. The first kappa shape index (κ1) is 11.8. The zero-order chi connectivity index (χ0) is 11.3. The number of nitrogens with one attached hydrogen (secondary N) is 1. The Balaban J connectivity index is 2.64. The van der Waals surface area contributed by atoms with Crippen LogP contribution < -0.4 is 5.32 Å². The Morgan fingerprint density at radius 3 is 3.00 bits per heavy atom. The predicted molar refractivity (Wildman–Crippen MR) is 63.5 cm³/mol. The van der Waals surface area contributed by atoms with Crippen LogP contribution in [0.5, 0.6) is 5.75 Å². The van der Waals surface area contributed by atoms with Crippen molar-refractivity contribution in [2.75, 3.05) is 6.54 Å². The standard InChI is InChI=1S/C11H12BrNO2/c1-8(14)13-7-3-5-9-4-2-6-10(12)11(9)15/h2-6,15H,7H2,1H3,(H,13,14). The van der Waals surface area contributed by atoms with Crippen molar-refractivity contribution >= 4 is 27.9 Å². The molecule has 0 aliphatic rings. The van der Waals surface area contributed by atoms with Gasteiger partial charge in [0.2, 0.25) is 5.91 Å². The highest BCUT2D eigenvalue weighted by molar-refractivity contribution is 9.10. The Bertz CT molecular complexity index is 388. The summed E-state index contributed by atoms with van der Waals surface area (Å²) in [6.07, 6.45) is 3.54. The minimum Gasteiger partial charge on any atom is -0.506 e. The number of para-hydroxylation sites is 1. The van der Waals surface area contributed by atoms with Crippen LogP contribution >= 0.6 is 15.9 Å². The lowest BCUT2D eigenvalue weighted by Gasteiger charge is -2.01. The van der Waals surface area contributed by atoms with Gasteiger partial charge in [0.05, 0.1) is 4.47 Å². The first-order valence-corrected chi connectivity index (χ1v) is 5.29. The molecule has 3 nitrogen and oxygen atoms in total. The molecule has 0 bridgehead atoms. The number of amides is 1. The summed E-state index contributed by atoms with van der Waals surface area (Å²) in [5.41, 5.74) is 0.717. The maximum absolute atomic E-state index is 10.6. The fraction of sp³-hybridized carbons (Fsp3) is 0.182. The Kier molecular flexibility index (Phi) is 4.37. The number of aromatic hydroxyl groups is 1. The van der Waals surface area contributed by atoms with E-state index in [-0.39, 0.29) is 11.7 Å². The number of benzene rings is 1. The van der Waals surface area contributed by atoms with Crippen LogP contribution in [0.25, 0.3) is 6.08 Å². The van der Waals surface area contributed by atoms with E-state index >= 15 is 0 Å². The largest absolute Gasteiger partial charge is 0.506 e. The molecule has 1 aromatic carbocycles. The number of phenols is 1. The third-order valence-electron chi connectivity index (χ3n) is 1.78. The summed E-state index contributed by atoms with van der Waals surface area (Å²) in [7, 11) is 0. The molecule has 0 heterocycles. The SMILES string of the molecule is CC(=O)NCC=Cc1cccc(Br)c1O. The Hall–Kier alpha value is -1.29. The lowest BCUT2D eigenvalue weighted by atomic mass is 10.2. The number of phenolic OH excluding ortho intramolecular Hbond substituents is 1. The van der Waals surface area contributed by atoms with E-state index in [2.05, 4.69) is 21.2 Å². The van der Waals surface area contributed by atoms with Crippen molar-refractivity contribution in [3.05, 3.63) is 34.3 Å². The van der Waals surface area contributed by atoms with E-state index in [9.17, 15) is 9.90 Å². The summed E-state index contributed by atoms with van der Waals surface area (Å²) in [6.45, 7) is 1.92. The van der Waals surface area contributed by atoms with E-state index in [0.717, 1.165) is 5.56 Å². The highest BCUT2D eigenvalue weighted by Gasteiger charge is 2.00. The highest BCUT2D eigenvalue weighted by atomic mass is 79.9. The molecule has 0 atom stereocenters. The maximum atomic E-state index is 10.6. The minimum atomic E-state index is -0.0712. The van der Waals surface area contributed by atoms with Gasteiger partial charge in [-0.25, -0.2) is 0 Å². The maximum Gasteiger partial charge on any atom is 0.217 e. The summed E-state index contributed by atoms with van der Waals surface area (Å²) in [5, 5.41) is 12.3. The molecule has 0 aromatic heterocycles. The third kappa shape index (κ3) is 3.75. The van der Waals surface area contributed by atoms with E-state index in [1.165, 1.54) is 6.92 Å². The molecule has 1 aromatic rings. The van der Waals surface area contributed by atoms with Gasteiger partial charge in [-0.1, -0.05) is 24.3 Å². The lowest BCUT2D eigenvalue weighted by Crippen LogP contribution is -2.19. The first-order valence-electron chi connectivity index (χ1n) is 4.49. The second kappa shape index (κ2) is 5.56. The summed E-state index contributed by atoms with van der Waals surface area (Å²) < 4.78 is 0.657.